The van der Waals surface area contributed by atoms with E-state index in [1.807, 2.05) is 6.92 Å². The predicted octanol–water partition coefficient (Wildman–Crippen LogP) is 2.48. The molecule has 0 saturated heterocycles. The highest BCUT2D eigenvalue weighted by Crippen LogP contribution is 2.11. The lowest BCUT2D eigenvalue weighted by molar-refractivity contribution is -0.140. The Morgan fingerprint density at radius 2 is 1.91 bits per heavy atom. The van der Waals surface area contributed by atoms with Crippen molar-refractivity contribution < 1.29 is 19.5 Å². The van der Waals surface area contributed by atoms with Crippen molar-refractivity contribution in [2.75, 3.05) is 5.32 Å². The number of anilines is 1. The first-order valence-electron chi connectivity index (χ1n) is 7.25. The summed E-state index contributed by atoms with van der Waals surface area (Å²) in [5.74, 6) is -1.40. The van der Waals surface area contributed by atoms with Gasteiger partial charge in [-0.2, -0.15) is 0 Å². The minimum Gasteiger partial charge on any atom is -0.480 e. The van der Waals surface area contributed by atoms with Crippen LogP contribution in [0, 0.1) is 0 Å². The zero-order chi connectivity index (χ0) is 16.7. The van der Waals surface area contributed by atoms with E-state index >= 15 is 0 Å². The van der Waals surface area contributed by atoms with Crippen molar-refractivity contribution in [2.24, 2.45) is 0 Å². The van der Waals surface area contributed by atoms with Crippen molar-refractivity contribution in [1.82, 2.24) is 5.32 Å². The number of hydrogen-bond acceptors (Lipinski definition) is 4. The van der Waals surface area contributed by atoms with Gasteiger partial charge in [0, 0.05) is 11.3 Å². The molecule has 0 aliphatic carbocycles. The molecule has 0 fully saturated rings. The van der Waals surface area contributed by atoms with Crippen molar-refractivity contribution in [3.63, 3.8) is 0 Å². The van der Waals surface area contributed by atoms with Crippen LogP contribution in [0.5, 0.6) is 0 Å². The summed E-state index contributed by atoms with van der Waals surface area (Å²) in [4.78, 5) is 34.5. The summed E-state index contributed by atoms with van der Waals surface area (Å²) >= 11 is 0. The topological polar surface area (TPSA) is 95.5 Å². The number of aliphatic carboxylic acids is 1. The quantitative estimate of drug-likeness (QED) is 0.631. The third-order valence-corrected chi connectivity index (χ3v) is 3.26. The summed E-state index contributed by atoms with van der Waals surface area (Å²) in [5.41, 5.74) is 1.02. The molecule has 2 unspecified atom stereocenters. The van der Waals surface area contributed by atoms with Crippen molar-refractivity contribution in [3.8, 4) is 0 Å². The van der Waals surface area contributed by atoms with E-state index in [2.05, 4.69) is 10.6 Å². The minimum absolute atomic E-state index is 0. The SMILES string of the molecule is CCCC(NC(C)C(=O)Nc1cccc(C(C)=O)c1)C(=O)O.Cl. The second-order valence-corrected chi connectivity index (χ2v) is 5.19. The van der Waals surface area contributed by atoms with Gasteiger partial charge >= 0.3 is 5.97 Å². The van der Waals surface area contributed by atoms with Gasteiger partial charge in [0.2, 0.25) is 5.91 Å². The van der Waals surface area contributed by atoms with E-state index in [4.69, 9.17) is 5.11 Å². The number of ketones is 1. The van der Waals surface area contributed by atoms with Gasteiger partial charge in [0.15, 0.2) is 5.78 Å². The molecule has 1 rings (SSSR count). The van der Waals surface area contributed by atoms with Crippen LogP contribution in [0.3, 0.4) is 0 Å². The molecule has 1 aromatic rings. The maximum atomic E-state index is 12.1. The van der Waals surface area contributed by atoms with Crippen LogP contribution in [-0.4, -0.2) is 34.8 Å². The molecule has 2 atom stereocenters. The smallest absolute Gasteiger partial charge is 0.320 e. The van der Waals surface area contributed by atoms with Gasteiger partial charge in [-0.15, -0.1) is 12.4 Å². The van der Waals surface area contributed by atoms with Gasteiger partial charge in [-0.1, -0.05) is 25.5 Å². The number of carbonyl (C=O) groups is 3. The zero-order valence-corrected chi connectivity index (χ0v) is 14.3. The number of carbonyl (C=O) groups excluding carboxylic acids is 2. The molecule has 1 aromatic carbocycles. The summed E-state index contributed by atoms with van der Waals surface area (Å²) in [6.45, 7) is 4.94. The molecule has 0 radical (unpaired) electrons. The van der Waals surface area contributed by atoms with Crippen molar-refractivity contribution in [2.45, 2.75) is 45.7 Å². The molecule has 0 aromatic heterocycles. The van der Waals surface area contributed by atoms with E-state index in [-0.39, 0.29) is 24.1 Å². The molecule has 128 valence electrons. The Morgan fingerprint density at radius 1 is 1.26 bits per heavy atom. The number of halogens is 1. The van der Waals surface area contributed by atoms with Gasteiger partial charge < -0.3 is 10.4 Å². The standard InChI is InChI=1S/C16H22N2O4.ClH/c1-4-6-14(16(21)22)17-10(2)15(20)18-13-8-5-7-12(9-13)11(3)19;/h5,7-10,14,17H,4,6H2,1-3H3,(H,18,20)(H,21,22);1H. The van der Waals surface area contributed by atoms with Crippen LogP contribution in [0.15, 0.2) is 24.3 Å². The lowest BCUT2D eigenvalue weighted by atomic mass is 10.1. The van der Waals surface area contributed by atoms with E-state index in [1.165, 1.54) is 6.92 Å². The molecule has 6 nitrogen and oxygen atoms in total. The Morgan fingerprint density at radius 3 is 2.43 bits per heavy atom. The summed E-state index contributed by atoms with van der Waals surface area (Å²) in [6.07, 6.45) is 1.16. The Labute approximate surface area is 142 Å². The molecule has 0 aliphatic heterocycles. The maximum absolute atomic E-state index is 12.1. The van der Waals surface area contributed by atoms with Gasteiger partial charge in [0.25, 0.3) is 0 Å². The van der Waals surface area contributed by atoms with Crippen LogP contribution in [0.25, 0.3) is 0 Å². The number of hydrogen-bond donors (Lipinski definition) is 3. The van der Waals surface area contributed by atoms with Crippen molar-refractivity contribution in [1.29, 1.82) is 0 Å². The van der Waals surface area contributed by atoms with Gasteiger partial charge in [-0.05, 0) is 32.4 Å². The first-order valence-corrected chi connectivity index (χ1v) is 7.25. The van der Waals surface area contributed by atoms with Crippen LogP contribution in [0.4, 0.5) is 5.69 Å². The lowest BCUT2D eigenvalue weighted by Crippen LogP contribution is -2.47. The summed E-state index contributed by atoms with van der Waals surface area (Å²) < 4.78 is 0. The largest absolute Gasteiger partial charge is 0.480 e. The number of carboxylic acid groups (broad SMARTS) is 1. The first kappa shape index (κ1) is 21.1. The van der Waals surface area contributed by atoms with Gasteiger partial charge in [-0.25, -0.2) is 0 Å². The fourth-order valence-corrected chi connectivity index (χ4v) is 2.01. The monoisotopic (exact) mass is 342 g/mol. The average Bonchev–Trinajstić information content (AvgIpc) is 2.46. The van der Waals surface area contributed by atoms with E-state index in [0.717, 1.165) is 0 Å². The van der Waals surface area contributed by atoms with Crippen LogP contribution in [0.2, 0.25) is 0 Å². The van der Waals surface area contributed by atoms with Crippen LogP contribution >= 0.6 is 12.4 Å². The van der Waals surface area contributed by atoms with Crippen LogP contribution in [0.1, 0.15) is 44.0 Å². The Hall–Kier alpha value is -1.92. The number of nitrogens with one attached hydrogen (secondary N) is 2. The average molecular weight is 343 g/mol. The highest BCUT2D eigenvalue weighted by Gasteiger charge is 2.22. The van der Waals surface area contributed by atoms with Gasteiger partial charge in [-0.3, -0.25) is 19.7 Å². The van der Waals surface area contributed by atoms with E-state index in [0.29, 0.717) is 24.1 Å². The normalized spacial score (nSPS) is 12.7. The molecule has 1 amide bonds. The van der Waals surface area contributed by atoms with Crippen molar-refractivity contribution >= 4 is 35.8 Å². The molecule has 23 heavy (non-hydrogen) atoms. The lowest BCUT2D eigenvalue weighted by Gasteiger charge is -2.19. The second kappa shape index (κ2) is 9.97. The number of benzene rings is 1. The second-order valence-electron chi connectivity index (χ2n) is 5.19. The van der Waals surface area contributed by atoms with E-state index in [9.17, 15) is 14.4 Å². The Kier molecular flexibility index (Phi) is 9.14. The molecule has 0 bridgehead atoms. The van der Waals surface area contributed by atoms with Gasteiger partial charge in [0.1, 0.15) is 6.04 Å². The van der Waals surface area contributed by atoms with E-state index < -0.39 is 18.1 Å². The maximum Gasteiger partial charge on any atom is 0.320 e. The highest BCUT2D eigenvalue weighted by molar-refractivity contribution is 5.98. The molecule has 3 N–H and O–H groups in total. The van der Waals surface area contributed by atoms with E-state index in [1.54, 1.807) is 31.2 Å². The molecular weight excluding hydrogens is 320 g/mol. The molecule has 7 heteroatoms. The number of amides is 1. The molecule has 0 spiro atoms. The van der Waals surface area contributed by atoms with Crippen LogP contribution < -0.4 is 10.6 Å². The van der Waals surface area contributed by atoms with Crippen molar-refractivity contribution in [3.05, 3.63) is 29.8 Å². The Balaban J connectivity index is 0.00000484. The Bertz CT molecular complexity index is 563. The predicted molar refractivity (Wildman–Crippen MR) is 91.3 cm³/mol. The minimum atomic E-state index is -0.972. The number of rotatable bonds is 8. The fraction of sp³-hybridized carbons (Fsp3) is 0.438. The summed E-state index contributed by atoms with van der Waals surface area (Å²) in [7, 11) is 0. The fourth-order valence-electron chi connectivity index (χ4n) is 2.01. The number of carboxylic acids is 1. The third-order valence-electron chi connectivity index (χ3n) is 3.26. The molecule has 0 aliphatic rings. The zero-order valence-electron chi connectivity index (χ0n) is 13.5. The highest BCUT2D eigenvalue weighted by atomic mass is 35.5. The molecular formula is C16H23ClN2O4. The van der Waals surface area contributed by atoms with Gasteiger partial charge in [0.05, 0.1) is 6.04 Å². The molecule has 0 saturated carbocycles. The van der Waals surface area contributed by atoms with Crippen LogP contribution in [-0.2, 0) is 9.59 Å². The first-order chi connectivity index (χ1) is 10.3. The summed E-state index contributed by atoms with van der Waals surface area (Å²) in [6, 6.07) is 5.21. The third kappa shape index (κ3) is 6.80. The molecule has 0 heterocycles. The number of Topliss-reactive ketones (excluding diaryl/α,β-unsaturated/α-hetero) is 1. The summed E-state index contributed by atoms with van der Waals surface area (Å²) in [5, 5.41) is 14.6.